The summed E-state index contributed by atoms with van der Waals surface area (Å²) in [5, 5.41) is 2.87. The number of anilines is 1. The van der Waals surface area contributed by atoms with Crippen LogP contribution in [0.1, 0.15) is 24.3 Å². The van der Waals surface area contributed by atoms with Crippen molar-refractivity contribution < 1.29 is 14.3 Å². The van der Waals surface area contributed by atoms with Crippen LogP contribution < -0.4 is 14.8 Å². The van der Waals surface area contributed by atoms with Crippen molar-refractivity contribution in [2.75, 3.05) is 18.5 Å². The lowest BCUT2D eigenvalue weighted by atomic mass is 10.2. The van der Waals surface area contributed by atoms with Gasteiger partial charge in [-0.1, -0.05) is 0 Å². The molecule has 1 aromatic heterocycles. The highest BCUT2D eigenvalue weighted by Crippen LogP contribution is 2.29. The van der Waals surface area contributed by atoms with E-state index in [0.717, 1.165) is 0 Å². The van der Waals surface area contributed by atoms with E-state index in [1.165, 1.54) is 0 Å². The van der Waals surface area contributed by atoms with Crippen LogP contribution in [-0.2, 0) is 7.05 Å². The van der Waals surface area contributed by atoms with Crippen LogP contribution in [0.5, 0.6) is 11.5 Å². The molecule has 0 spiro atoms. The Bertz CT molecular complexity index is 620. The molecule has 0 saturated carbocycles. The highest BCUT2D eigenvalue weighted by molar-refractivity contribution is 6.04. The summed E-state index contributed by atoms with van der Waals surface area (Å²) in [7, 11) is 1.83. The molecule has 0 unspecified atom stereocenters. The molecule has 0 radical (unpaired) electrons. The molecule has 0 atom stereocenters. The Balaban J connectivity index is 2.25. The summed E-state index contributed by atoms with van der Waals surface area (Å²) in [5.74, 6) is 1.14. The van der Waals surface area contributed by atoms with E-state index in [0.29, 0.717) is 36.1 Å². The Morgan fingerprint density at radius 2 is 1.95 bits per heavy atom. The first-order valence-corrected chi connectivity index (χ1v) is 6.98. The minimum atomic E-state index is -0.183. The zero-order chi connectivity index (χ0) is 15.2. The van der Waals surface area contributed by atoms with E-state index in [1.54, 1.807) is 22.8 Å². The largest absolute Gasteiger partial charge is 0.494 e. The molecule has 0 fully saturated rings. The van der Waals surface area contributed by atoms with Gasteiger partial charge in [-0.3, -0.25) is 4.79 Å². The predicted octanol–water partition coefficient (Wildman–Crippen LogP) is 3.07. The summed E-state index contributed by atoms with van der Waals surface area (Å²) in [5.41, 5.74) is 1.19. The van der Waals surface area contributed by atoms with Gasteiger partial charge < -0.3 is 19.4 Å². The maximum atomic E-state index is 12.3. The van der Waals surface area contributed by atoms with Crippen LogP contribution in [0.2, 0.25) is 0 Å². The van der Waals surface area contributed by atoms with Crippen molar-refractivity contribution in [1.29, 1.82) is 0 Å². The monoisotopic (exact) mass is 288 g/mol. The van der Waals surface area contributed by atoms with Crippen LogP contribution in [0, 0.1) is 0 Å². The Kier molecular flexibility index (Phi) is 4.87. The van der Waals surface area contributed by atoms with Gasteiger partial charge in [0.2, 0.25) is 0 Å². The van der Waals surface area contributed by atoms with Crippen molar-refractivity contribution in [3.63, 3.8) is 0 Å². The number of nitrogens with zero attached hydrogens (tertiary/aromatic N) is 1. The lowest BCUT2D eigenvalue weighted by Crippen LogP contribution is -2.16. The molecular weight excluding hydrogens is 268 g/mol. The standard InChI is InChI=1S/C16H20N2O3/c1-4-20-12-8-9-15(21-5-2)13(11-12)17-16(19)14-7-6-10-18(14)3/h6-11H,4-5H2,1-3H3,(H,17,19). The zero-order valence-electron chi connectivity index (χ0n) is 12.6. The zero-order valence-corrected chi connectivity index (χ0v) is 12.6. The summed E-state index contributed by atoms with van der Waals surface area (Å²) in [6, 6.07) is 8.99. The van der Waals surface area contributed by atoms with Crippen molar-refractivity contribution in [2.24, 2.45) is 7.05 Å². The normalized spacial score (nSPS) is 10.2. The van der Waals surface area contributed by atoms with E-state index in [1.807, 2.05) is 39.2 Å². The van der Waals surface area contributed by atoms with Gasteiger partial charge in [0.25, 0.3) is 5.91 Å². The molecule has 0 aliphatic rings. The highest BCUT2D eigenvalue weighted by atomic mass is 16.5. The van der Waals surface area contributed by atoms with Crippen LogP contribution in [0.4, 0.5) is 5.69 Å². The molecule has 2 rings (SSSR count). The van der Waals surface area contributed by atoms with Gasteiger partial charge in [0.15, 0.2) is 0 Å². The Hall–Kier alpha value is -2.43. The number of aryl methyl sites for hydroxylation is 1. The molecule has 0 aliphatic heterocycles. The molecule has 1 aromatic carbocycles. The van der Waals surface area contributed by atoms with Crippen molar-refractivity contribution in [1.82, 2.24) is 4.57 Å². The summed E-state index contributed by atoms with van der Waals surface area (Å²) in [6.07, 6.45) is 1.83. The minimum Gasteiger partial charge on any atom is -0.494 e. The molecule has 1 N–H and O–H groups in total. The third-order valence-electron chi connectivity index (χ3n) is 2.99. The van der Waals surface area contributed by atoms with Gasteiger partial charge in [-0.2, -0.15) is 0 Å². The molecule has 5 heteroatoms. The van der Waals surface area contributed by atoms with E-state index >= 15 is 0 Å². The second-order valence-electron chi connectivity index (χ2n) is 4.48. The topological polar surface area (TPSA) is 52.5 Å². The van der Waals surface area contributed by atoms with Gasteiger partial charge in [0.05, 0.1) is 18.9 Å². The number of benzene rings is 1. The Morgan fingerprint density at radius 3 is 2.57 bits per heavy atom. The first-order chi connectivity index (χ1) is 10.2. The van der Waals surface area contributed by atoms with Crippen LogP contribution in [0.25, 0.3) is 0 Å². The second-order valence-corrected chi connectivity index (χ2v) is 4.48. The third-order valence-corrected chi connectivity index (χ3v) is 2.99. The smallest absolute Gasteiger partial charge is 0.272 e. The summed E-state index contributed by atoms with van der Waals surface area (Å²) in [6.45, 7) is 4.91. The molecule has 1 amide bonds. The molecule has 0 aliphatic carbocycles. The third kappa shape index (κ3) is 3.56. The average molecular weight is 288 g/mol. The number of carbonyl (C=O) groups is 1. The van der Waals surface area contributed by atoms with E-state index < -0.39 is 0 Å². The van der Waals surface area contributed by atoms with Gasteiger partial charge in [-0.15, -0.1) is 0 Å². The second kappa shape index (κ2) is 6.83. The first-order valence-electron chi connectivity index (χ1n) is 6.98. The van der Waals surface area contributed by atoms with Gasteiger partial charge in [-0.05, 0) is 38.1 Å². The summed E-state index contributed by atoms with van der Waals surface area (Å²) >= 11 is 0. The summed E-state index contributed by atoms with van der Waals surface area (Å²) < 4.78 is 12.8. The molecule has 21 heavy (non-hydrogen) atoms. The van der Waals surface area contributed by atoms with Crippen LogP contribution in [0.3, 0.4) is 0 Å². The molecule has 0 bridgehead atoms. The van der Waals surface area contributed by atoms with Crippen molar-refractivity contribution in [3.8, 4) is 11.5 Å². The minimum absolute atomic E-state index is 0.183. The van der Waals surface area contributed by atoms with Gasteiger partial charge in [0.1, 0.15) is 17.2 Å². The van der Waals surface area contributed by atoms with Crippen molar-refractivity contribution in [2.45, 2.75) is 13.8 Å². The number of ether oxygens (including phenoxy) is 2. The number of rotatable bonds is 6. The van der Waals surface area contributed by atoms with E-state index in [9.17, 15) is 4.79 Å². The predicted molar refractivity (Wildman–Crippen MR) is 82.1 cm³/mol. The quantitative estimate of drug-likeness (QED) is 0.888. The SMILES string of the molecule is CCOc1ccc(OCC)c(NC(=O)c2cccn2C)c1. The Labute approximate surface area is 124 Å². The number of carbonyl (C=O) groups excluding carboxylic acids is 1. The van der Waals surface area contributed by atoms with E-state index in [4.69, 9.17) is 9.47 Å². The number of aromatic nitrogens is 1. The molecule has 0 saturated heterocycles. The maximum absolute atomic E-state index is 12.3. The summed E-state index contributed by atoms with van der Waals surface area (Å²) in [4.78, 5) is 12.3. The Morgan fingerprint density at radius 1 is 1.19 bits per heavy atom. The fraction of sp³-hybridized carbons (Fsp3) is 0.312. The van der Waals surface area contributed by atoms with Gasteiger partial charge in [0, 0.05) is 19.3 Å². The lowest BCUT2D eigenvalue weighted by molar-refractivity contribution is 0.101. The van der Waals surface area contributed by atoms with E-state index in [2.05, 4.69) is 5.32 Å². The van der Waals surface area contributed by atoms with Crippen molar-refractivity contribution >= 4 is 11.6 Å². The molecule has 5 nitrogen and oxygen atoms in total. The molecular formula is C16H20N2O3. The fourth-order valence-corrected chi connectivity index (χ4v) is 2.03. The van der Waals surface area contributed by atoms with Crippen LogP contribution in [0.15, 0.2) is 36.5 Å². The van der Waals surface area contributed by atoms with Gasteiger partial charge >= 0.3 is 0 Å². The number of amides is 1. The highest BCUT2D eigenvalue weighted by Gasteiger charge is 2.13. The van der Waals surface area contributed by atoms with Gasteiger partial charge in [-0.25, -0.2) is 0 Å². The molecule has 2 aromatic rings. The van der Waals surface area contributed by atoms with E-state index in [-0.39, 0.29) is 5.91 Å². The fourth-order valence-electron chi connectivity index (χ4n) is 2.03. The number of nitrogens with one attached hydrogen (secondary N) is 1. The lowest BCUT2D eigenvalue weighted by Gasteiger charge is -2.13. The molecule has 112 valence electrons. The molecule has 1 heterocycles. The van der Waals surface area contributed by atoms with Crippen LogP contribution >= 0.6 is 0 Å². The maximum Gasteiger partial charge on any atom is 0.272 e. The first kappa shape index (κ1) is 15.0. The average Bonchev–Trinajstić information content (AvgIpc) is 2.88. The van der Waals surface area contributed by atoms with Crippen molar-refractivity contribution in [3.05, 3.63) is 42.2 Å². The number of hydrogen-bond acceptors (Lipinski definition) is 3. The van der Waals surface area contributed by atoms with Crippen LogP contribution in [-0.4, -0.2) is 23.7 Å². The number of hydrogen-bond donors (Lipinski definition) is 1.